The van der Waals surface area contributed by atoms with Crippen LogP contribution in [-0.2, 0) is 11.0 Å². The Morgan fingerprint density at radius 2 is 1.78 bits per heavy atom. The third-order valence-corrected chi connectivity index (χ3v) is 5.46. The molecule has 0 aliphatic carbocycles. The van der Waals surface area contributed by atoms with Crippen molar-refractivity contribution < 1.29 is 22.8 Å². The standard InChI is InChI=1S/C21H23ClF3N5O2/c1-14(15-4-6-26-7-5-15)27-20(32)30-10-8-29(9-11-30)13-19(31)28-16-2-3-18(22)17(12-16)21(23,24)25/h2-7,12,14H,8-11,13H2,1H3,(H,27,32)(H,28,31)/t14-/m0/s1. The number of nitrogens with zero attached hydrogens (tertiary/aromatic N) is 3. The van der Waals surface area contributed by atoms with Crippen LogP contribution in [0.3, 0.4) is 0 Å². The molecule has 1 atom stereocenters. The first kappa shape index (κ1) is 23.8. The fourth-order valence-corrected chi connectivity index (χ4v) is 3.57. The molecular formula is C21H23ClF3N5O2. The van der Waals surface area contributed by atoms with E-state index >= 15 is 0 Å². The summed E-state index contributed by atoms with van der Waals surface area (Å²) in [5.41, 5.74) is -0.0352. The monoisotopic (exact) mass is 469 g/mol. The lowest BCUT2D eigenvalue weighted by molar-refractivity contribution is -0.137. The van der Waals surface area contributed by atoms with Crippen LogP contribution >= 0.6 is 11.6 Å². The van der Waals surface area contributed by atoms with E-state index < -0.39 is 22.7 Å². The van der Waals surface area contributed by atoms with Crippen LogP contribution in [0.5, 0.6) is 0 Å². The number of carbonyl (C=O) groups excluding carboxylic acids is 2. The van der Waals surface area contributed by atoms with E-state index in [4.69, 9.17) is 11.6 Å². The van der Waals surface area contributed by atoms with Crippen molar-refractivity contribution in [2.75, 3.05) is 38.0 Å². The predicted molar refractivity (Wildman–Crippen MR) is 114 cm³/mol. The number of rotatable bonds is 5. The van der Waals surface area contributed by atoms with E-state index in [0.717, 1.165) is 17.7 Å². The summed E-state index contributed by atoms with van der Waals surface area (Å²) < 4.78 is 38.9. The zero-order chi connectivity index (χ0) is 23.3. The number of aromatic nitrogens is 1. The van der Waals surface area contributed by atoms with Crippen LogP contribution in [0, 0.1) is 0 Å². The van der Waals surface area contributed by atoms with Crippen molar-refractivity contribution in [3.8, 4) is 0 Å². The minimum Gasteiger partial charge on any atom is -0.331 e. The zero-order valence-electron chi connectivity index (χ0n) is 17.3. The number of pyridine rings is 1. The number of piperazine rings is 1. The number of nitrogens with one attached hydrogen (secondary N) is 2. The van der Waals surface area contributed by atoms with Crippen LogP contribution < -0.4 is 10.6 Å². The second kappa shape index (κ2) is 10.2. The first-order valence-electron chi connectivity index (χ1n) is 9.98. The van der Waals surface area contributed by atoms with Gasteiger partial charge >= 0.3 is 12.2 Å². The topological polar surface area (TPSA) is 77.6 Å². The summed E-state index contributed by atoms with van der Waals surface area (Å²) in [5, 5.41) is 4.98. The van der Waals surface area contributed by atoms with Gasteiger partial charge in [0.05, 0.1) is 23.2 Å². The van der Waals surface area contributed by atoms with Gasteiger partial charge in [-0.1, -0.05) is 11.6 Å². The summed E-state index contributed by atoms with van der Waals surface area (Å²) in [6, 6.07) is 6.53. The van der Waals surface area contributed by atoms with Crippen LogP contribution in [0.25, 0.3) is 0 Å². The smallest absolute Gasteiger partial charge is 0.331 e. The highest BCUT2D eigenvalue weighted by molar-refractivity contribution is 6.31. The van der Waals surface area contributed by atoms with Crippen LogP contribution in [0.2, 0.25) is 5.02 Å². The molecule has 2 heterocycles. The number of hydrogen-bond donors (Lipinski definition) is 2. The van der Waals surface area contributed by atoms with Crippen molar-refractivity contribution in [2.45, 2.75) is 19.1 Å². The van der Waals surface area contributed by atoms with E-state index in [-0.39, 0.29) is 24.3 Å². The van der Waals surface area contributed by atoms with Crippen molar-refractivity contribution in [2.24, 2.45) is 0 Å². The summed E-state index contributed by atoms with van der Waals surface area (Å²) in [6.07, 6.45) is -1.28. The maximum atomic E-state index is 13.0. The summed E-state index contributed by atoms with van der Waals surface area (Å²) in [6.45, 7) is 3.70. The molecule has 1 aliphatic rings. The largest absolute Gasteiger partial charge is 0.417 e. The Labute approximate surface area is 188 Å². The van der Waals surface area contributed by atoms with Crippen molar-refractivity contribution >= 4 is 29.2 Å². The molecule has 1 aliphatic heterocycles. The second-order valence-electron chi connectivity index (χ2n) is 7.46. The molecule has 0 spiro atoms. The molecule has 32 heavy (non-hydrogen) atoms. The number of amides is 3. The Morgan fingerprint density at radius 1 is 1.12 bits per heavy atom. The van der Waals surface area contributed by atoms with Gasteiger partial charge in [-0.15, -0.1) is 0 Å². The maximum Gasteiger partial charge on any atom is 0.417 e. The molecule has 11 heteroatoms. The summed E-state index contributed by atoms with van der Waals surface area (Å²) in [4.78, 5) is 32.2. The highest BCUT2D eigenvalue weighted by Crippen LogP contribution is 2.36. The Morgan fingerprint density at radius 3 is 2.41 bits per heavy atom. The van der Waals surface area contributed by atoms with Gasteiger partial charge in [0.25, 0.3) is 0 Å². The molecule has 3 rings (SSSR count). The molecule has 1 saturated heterocycles. The van der Waals surface area contributed by atoms with Gasteiger partial charge in [-0.3, -0.25) is 14.7 Å². The molecule has 0 bridgehead atoms. The Bertz CT molecular complexity index is 950. The van der Waals surface area contributed by atoms with Crippen LogP contribution in [-0.4, -0.2) is 59.4 Å². The normalized spacial score (nSPS) is 15.8. The molecule has 2 aromatic rings. The molecular weight excluding hydrogens is 447 g/mol. The molecule has 1 aromatic heterocycles. The summed E-state index contributed by atoms with van der Waals surface area (Å²) in [7, 11) is 0. The van der Waals surface area contributed by atoms with E-state index in [9.17, 15) is 22.8 Å². The lowest BCUT2D eigenvalue weighted by Crippen LogP contribution is -2.53. The molecule has 1 aromatic carbocycles. The molecule has 2 N–H and O–H groups in total. The first-order valence-corrected chi connectivity index (χ1v) is 10.4. The lowest BCUT2D eigenvalue weighted by Gasteiger charge is -2.35. The van der Waals surface area contributed by atoms with E-state index in [2.05, 4.69) is 15.6 Å². The molecule has 0 unspecified atom stereocenters. The number of benzene rings is 1. The third-order valence-electron chi connectivity index (χ3n) is 5.13. The zero-order valence-corrected chi connectivity index (χ0v) is 18.1. The third kappa shape index (κ3) is 6.33. The molecule has 172 valence electrons. The molecule has 3 amide bonds. The Hall–Kier alpha value is -2.85. The van der Waals surface area contributed by atoms with E-state index in [1.807, 2.05) is 24.0 Å². The lowest BCUT2D eigenvalue weighted by atomic mass is 10.1. The average molecular weight is 470 g/mol. The quantitative estimate of drug-likeness (QED) is 0.698. The van der Waals surface area contributed by atoms with Crippen molar-refractivity contribution in [3.63, 3.8) is 0 Å². The van der Waals surface area contributed by atoms with Gasteiger partial charge in [0.15, 0.2) is 0 Å². The number of urea groups is 1. The van der Waals surface area contributed by atoms with E-state index in [0.29, 0.717) is 26.2 Å². The maximum absolute atomic E-state index is 13.0. The van der Waals surface area contributed by atoms with Crippen LogP contribution in [0.15, 0.2) is 42.7 Å². The van der Waals surface area contributed by atoms with Gasteiger partial charge < -0.3 is 15.5 Å². The fraction of sp³-hybridized carbons (Fsp3) is 0.381. The van der Waals surface area contributed by atoms with Crippen LogP contribution in [0.1, 0.15) is 24.1 Å². The second-order valence-corrected chi connectivity index (χ2v) is 7.86. The minimum atomic E-state index is -4.61. The highest BCUT2D eigenvalue weighted by Gasteiger charge is 2.33. The van der Waals surface area contributed by atoms with Gasteiger partial charge in [-0.25, -0.2) is 4.79 Å². The Balaban J connectivity index is 1.46. The van der Waals surface area contributed by atoms with Crippen molar-refractivity contribution in [3.05, 3.63) is 58.9 Å². The molecule has 0 radical (unpaired) electrons. The predicted octanol–water partition coefficient (Wildman–Crippen LogP) is 3.78. The highest BCUT2D eigenvalue weighted by atomic mass is 35.5. The van der Waals surface area contributed by atoms with Gasteiger partial charge in [0.2, 0.25) is 5.91 Å². The summed E-state index contributed by atoms with van der Waals surface area (Å²) in [5.74, 6) is -0.440. The number of halogens is 4. The summed E-state index contributed by atoms with van der Waals surface area (Å²) >= 11 is 5.60. The minimum absolute atomic E-state index is 0.00680. The fourth-order valence-electron chi connectivity index (χ4n) is 3.34. The van der Waals surface area contributed by atoms with Crippen molar-refractivity contribution in [1.29, 1.82) is 0 Å². The number of anilines is 1. The number of hydrogen-bond acceptors (Lipinski definition) is 4. The SMILES string of the molecule is C[C@H](NC(=O)N1CCN(CC(=O)Nc2ccc(Cl)c(C(F)(F)F)c2)CC1)c1ccncc1. The number of alkyl halides is 3. The first-order chi connectivity index (χ1) is 15.1. The van der Waals surface area contributed by atoms with Gasteiger partial charge in [0.1, 0.15) is 0 Å². The van der Waals surface area contributed by atoms with Gasteiger partial charge in [-0.2, -0.15) is 13.2 Å². The molecule has 7 nitrogen and oxygen atoms in total. The average Bonchev–Trinajstić information content (AvgIpc) is 2.75. The van der Waals surface area contributed by atoms with Crippen molar-refractivity contribution in [1.82, 2.24) is 20.1 Å². The molecule has 1 fully saturated rings. The van der Waals surface area contributed by atoms with E-state index in [1.165, 1.54) is 6.07 Å². The van der Waals surface area contributed by atoms with Gasteiger partial charge in [-0.05, 0) is 42.8 Å². The molecule has 0 saturated carbocycles. The van der Waals surface area contributed by atoms with Gasteiger partial charge in [0, 0.05) is 44.3 Å². The van der Waals surface area contributed by atoms with E-state index in [1.54, 1.807) is 17.3 Å². The van der Waals surface area contributed by atoms with Crippen LogP contribution in [0.4, 0.5) is 23.7 Å². The Kier molecular flexibility index (Phi) is 7.57. The number of carbonyl (C=O) groups is 2.